The average Bonchev–Trinajstić information content (AvgIpc) is 3.30. The van der Waals surface area contributed by atoms with Gasteiger partial charge in [-0.05, 0) is 69.4 Å². The fraction of sp³-hybridized carbons (Fsp3) is 0.500. The first-order valence-corrected chi connectivity index (χ1v) is 10.3. The van der Waals surface area contributed by atoms with Crippen molar-refractivity contribution < 1.29 is 19.4 Å². The Morgan fingerprint density at radius 1 is 1.21 bits per heavy atom. The largest absolute Gasteiger partial charge is 0.481 e. The summed E-state index contributed by atoms with van der Waals surface area (Å²) in [7, 11) is 0. The zero-order valence-corrected chi connectivity index (χ0v) is 16.9. The summed E-state index contributed by atoms with van der Waals surface area (Å²) < 4.78 is 7.64. The molecule has 0 spiro atoms. The Balaban J connectivity index is 1.53. The van der Waals surface area contributed by atoms with Gasteiger partial charge in [-0.1, -0.05) is 0 Å². The Morgan fingerprint density at radius 3 is 2.69 bits per heavy atom. The maximum absolute atomic E-state index is 13.1. The third-order valence-corrected chi connectivity index (χ3v) is 6.13. The Kier molecular flexibility index (Phi) is 5.41. The van der Waals surface area contributed by atoms with Gasteiger partial charge in [0.15, 0.2) is 0 Å². The van der Waals surface area contributed by atoms with Crippen LogP contribution in [0.15, 0.2) is 24.3 Å². The highest BCUT2D eigenvalue weighted by atomic mass is 16.5. The number of hydrogen-bond donors (Lipinski definition) is 1. The first-order valence-electron chi connectivity index (χ1n) is 10.3. The van der Waals surface area contributed by atoms with Gasteiger partial charge in [0.25, 0.3) is 5.91 Å². The summed E-state index contributed by atoms with van der Waals surface area (Å²) in [5, 5.41) is 13.5. The van der Waals surface area contributed by atoms with Crippen molar-refractivity contribution >= 4 is 11.9 Å². The molecule has 1 saturated carbocycles. The molecule has 0 bridgehead atoms. The zero-order valence-electron chi connectivity index (χ0n) is 16.9. The van der Waals surface area contributed by atoms with Crippen molar-refractivity contribution in [2.45, 2.75) is 58.1 Å². The van der Waals surface area contributed by atoms with Crippen LogP contribution in [0, 0.1) is 13.8 Å². The molecule has 4 rings (SSSR count). The Bertz CT molecular complexity index is 919. The molecule has 7 heteroatoms. The number of aryl methyl sites for hydroxylation is 1. The first kappa shape index (κ1) is 19.6. The predicted octanol–water partition coefficient (Wildman–Crippen LogP) is 2.90. The molecule has 2 heterocycles. The van der Waals surface area contributed by atoms with Crippen LogP contribution in [0.2, 0.25) is 0 Å². The monoisotopic (exact) mass is 397 g/mol. The van der Waals surface area contributed by atoms with Gasteiger partial charge in [-0.15, -0.1) is 0 Å². The number of aliphatic carboxylic acids is 1. The molecule has 7 nitrogen and oxygen atoms in total. The van der Waals surface area contributed by atoms with Crippen LogP contribution >= 0.6 is 0 Å². The molecule has 2 atom stereocenters. The number of carbonyl (C=O) groups is 2. The lowest BCUT2D eigenvalue weighted by Gasteiger charge is -2.37. The van der Waals surface area contributed by atoms with Crippen molar-refractivity contribution in [3.05, 3.63) is 46.8 Å². The van der Waals surface area contributed by atoms with E-state index in [1.807, 2.05) is 47.7 Å². The van der Waals surface area contributed by atoms with Gasteiger partial charge in [0.05, 0.1) is 30.1 Å². The molecule has 1 aliphatic heterocycles. The second kappa shape index (κ2) is 7.99. The summed E-state index contributed by atoms with van der Waals surface area (Å²) in [6.45, 7) is 5.10. The maximum Gasteiger partial charge on any atom is 0.303 e. The average molecular weight is 397 g/mol. The van der Waals surface area contributed by atoms with Crippen LogP contribution in [-0.2, 0) is 16.0 Å². The van der Waals surface area contributed by atoms with Crippen LogP contribution in [0.25, 0.3) is 5.69 Å². The highest BCUT2D eigenvalue weighted by Gasteiger charge is 2.38. The number of carboxylic acids is 1. The van der Waals surface area contributed by atoms with Gasteiger partial charge < -0.3 is 14.7 Å². The lowest BCUT2D eigenvalue weighted by atomic mass is 10.1. The number of nitrogens with zero attached hydrogens (tertiary/aromatic N) is 3. The summed E-state index contributed by atoms with van der Waals surface area (Å²) in [5.41, 5.74) is 4.28. The van der Waals surface area contributed by atoms with E-state index < -0.39 is 5.97 Å². The second-order valence-corrected chi connectivity index (χ2v) is 7.91. The Morgan fingerprint density at radius 2 is 1.97 bits per heavy atom. The number of rotatable bonds is 5. The van der Waals surface area contributed by atoms with Gasteiger partial charge in [0.1, 0.15) is 0 Å². The van der Waals surface area contributed by atoms with E-state index in [1.165, 1.54) is 0 Å². The first-order chi connectivity index (χ1) is 14.0. The molecule has 2 fully saturated rings. The molecule has 2 aromatic rings. The van der Waals surface area contributed by atoms with Crippen molar-refractivity contribution in [3.8, 4) is 5.69 Å². The zero-order chi connectivity index (χ0) is 20.5. The number of amides is 1. The number of ether oxygens (including phenoxy) is 1. The molecule has 1 N–H and O–H groups in total. The molecule has 2 aliphatic rings. The number of hydrogen-bond acceptors (Lipinski definition) is 4. The topological polar surface area (TPSA) is 84.7 Å². The standard InChI is InChI=1S/C22H27N3O4/c1-14-18(10-11-21(26)27)15(2)25(23-14)17-8-6-16(7-9-17)22(28)24-12-13-29-20-5-3-4-19(20)24/h6-9,19-20H,3-5,10-13H2,1-2H3,(H,26,27)/t19-,20-/m0/s1. The molecule has 0 unspecified atom stereocenters. The molecule has 1 aromatic heterocycles. The third kappa shape index (κ3) is 3.79. The summed E-state index contributed by atoms with van der Waals surface area (Å²) in [5.74, 6) is -0.751. The SMILES string of the molecule is Cc1nn(-c2ccc(C(=O)N3CCO[C@H]4CCC[C@@H]43)cc2)c(C)c1CCC(=O)O. The van der Waals surface area contributed by atoms with Crippen molar-refractivity contribution in [1.82, 2.24) is 14.7 Å². The van der Waals surface area contributed by atoms with Crippen molar-refractivity contribution in [1.29, 1.82) is 0 Å². The lowest BCUT2D eigenvalue weighted by molar-refractivity contribution is -0.136. The van der Waals surface area contributed by atoms with Gasteiger partial charge in [0, 0.05) is 24.2 Å². The number of aromatic nitrogens is 2. The van der Waals surface area contributed by atoms with Crippen LogP contribution in [0.4, 0.5) is 0 Å². The van der Waals surface area contributed by atoms with Crippen LogP contribution in [0.1, 0.15) is 53.0 Å². The van der Waals surface area contributed by atoms with Crippen LogP contribution in [0.3, 0.4) is 0 Å². The summed E-state index contributed by atoms with van der Waals surface area (Å²) in [6.07, 6.45) is 3.90. The molecule has 1 saturated heterocycles. The maximum atomic E-state index is 13.1. The van der Waals surface area contributed by atoms with E-state index in [0.717, 1.165) is 41.9 Å². The minimum atomic E-state index is -0.813. The molecule has 1 aromatic carbocycles. The Hall–Kier alpha value is -2.67. The molecular formula is C22H27N3O4. The molecular weight excluding hydrogens is 370 g/mol. The molecule has 1 aliphatic carbocycles. The van der Waals surface area contributed by atoms with Gasteiger partial charge in [-0.2, -0.15) is 5.10 Å². The molecule has 1 amide bonds. The number of benzene rings is 1. The van der Waals surface area contributed by atoms with E-state index in [2.05, 4.69) is 5.10 Å². The molecule has 0 radical (unpaired) electrons. The van der Waals surface area contributed by atoms with E-state index in [4.69, 9.17) is 9.84 Å². The van der Waals surface area contributed by atoms with Crippen LogP contribution < -0.4 is 0 Å². The van der Waals surface area contributed by atoms with E-state index in [9.17, 15) is 9.59 Å². The van der Waals surface area contributed by atoms with Crippen LogP contribution in [-0.4, -0.2) is 57.0 Å². The van der Waals surface area contributed by atoms with E-state index >= 15 is 0 Å². The highest BCUT2D eigenvalue weighted by molar-refractivity contribution is 5.94. The Labute approximate surface area is 170 Å². The fourth-order valence-electron chi connectivity index (χ4n) is 4.61. The number of fused-ring (bicyclic) bond motifs is 1. The predicted molar refractivity (Wildman–Crippen MR) is 107 cm³/mol. The van der Waals surface area contributed by atoms with Crippen LogP contribution in [0.5, 0.6) is 0 Å². The van der Waals surface area contributed by atoms with E-state index in [0.29, 0.717) is 25.1 Å². The normalized spacial score (nSPS) is 21.2. The summed E-state index contributed by atoms with van der Waals surface area (Å²) in [4.78, 5) is 25.9. The van der Waals surface area contributed by atoms with Crippen molar-refractivity contribution in [3.63, 3.8) is 0 Å². The smallest absolute Gasteiger partial charge is 0.303 e. The number of morpholine rings is 1. The van der Waals surface area contributed by atoms with Crippen molar-refractivity contribution in [2.75, 3.05) is 13.2 Å². The molecule has 29 heavy (non-hydrogen) atoms. The van der Waals surface area contributed by atoms with E-state index in [1.54, 1.807) is 0 Å². The quantitative estimate of drug-likeness (QED) is 0.839. The summed E-state index contributed by atoms with van der Waals surface area (Å²) in [6, 6.07) is 7.71. The van der Waals surface area contributed by atoms with Crippen molar-refractivity contribution in [2.24, 2.45) is 0 Å². The lowest BCUT2D eigenvalue weighted by Crippen LogP contribution is -2.51. The summed E-state index contributed by atoms with van der Waals surface area (Å²) >= 11 is 0. The highest BCUT2D eigenvalue weighted by Crippen LogP contribution is 2.30. The minimum absolute atomic E-state index is 0.0623. The third-order valence-electron chi connectivity index (χ3n) is 6.13. The fourth-order valence-corrected chi connectivity index (χ4v) is 4.61. The van der Waals surface area contributed by atoms with Gasteiger partial charge in [0.2, 0.25) is 0 Å². The van der Waals surface area contributed by atoms with E-state index in [-0.39, 0.29) is 24.5 Å². The molecule has 154 valence electrons. The number of carbonyl (C=O) groups excluding carboxylic acids is 1. The number of carboxylic acid groups (broad SMARTS) is 1. The van der Waals surface area contributed by atoms with Gasteiger partial charge in [-0.25, -0.2) is 4.68 Å². The minimum Gasteiger partial charge on any atom is -0.481 e. The second-order valence-electron chi connectivity index (χ2n) is 7.91. The van der Waals surface area contributed by atoms with Gasteiger partial charge >= 0.3 is 5.97 Å². The van der Waals surface area contributed by atoms with Gasteiger partial charge in [-0.3, -0.25) is 9.59 Å².